The van der Waals surface area contributed by atoms with Crippen molar-refractivity contribution in [3.8, 4) is 6.07 Å². The number of aromatic nitrogens is 2. The van der Waals surface area contributed by atoms with Crippen molar-refractivity contribution < 1.29 is 0 Å². The van der Waals surface area contributed by atoms with Gasteiger partial charge in [0.1, 0.15) is 0 Å². The van der Waals surface area contributed by atoms with E-state index in [0.717, 1.165) is 12.8 Å². The molecular weight excluding hydrogens is 164 g/mol. The number of rotatable bonds is 5. The molecule has 1 aromatic rings. The van der Waals surface area contributed by atoms with Crippen molar-refractivity contribution in [1.29, 1.82) is 5.26 Å². The lowest BCUT2D eigenvalue weighted by Gasteiger charge is -1.94. The van der Waals surface area contributed by atoms with Crippen LogP contribution in [0.3, 0.4) is 0 Å². The lowest BCUT2D eigenvalue weighted by Crippen LogP contribution is -2.00. The van der Waals surface area contributed by atoms with Crippen LogP contribution in [0.1, 0.15) is 18.4 Å². The fourth-order valence-corrected chi connectivity index (χ4v) is 1.13. The molecule has 0 aliphatic carbocycles. The maximum atomic E-state index is 8.37. The van der Waals surface area contributed by atoms with Crippen molar-refractivity contribution in [2.24, 2.45) is 5.73 Å². The Balaban J connectivity index is 2.40. The van der Waals surface area contributed by atoms with Crippen LogP contribution in [0, 0.1) is 11.3 Å². The zero-order valence-electron chi connectivity index (χ0n) is 7.61. The number of nitrogens with two attached hydrogens (primary N) is 1. The molecule has 4 heteroatoms. The molecule has 0 fully saturated rings. The van der Waals surface area contributed by atoms with E-state index in [4.69, 9.17) is 11.0 Å². The minimum Gasteiger partial charge on any atom is -0.330 e. The highest BCUT2D eigenvalue weighted by Crippen LogP contribution is 2.01. The maximum absolute atomic E-state index is 8.37. The molecule has 1 heterocycles. The van der Waals surface area contributed by atoms with Gasteiger partial charge in [-0.05, 0) is 24.9 Å². The van der Waals surface area contributed by atoms with Crippen LogP contribution in [-0.2, 0) is 13.0 Å². The van der Waals surface area contributed by atoms with E-state index in [1.54, 1.807) is 4.68 Å². The molecule has 13 heavy (non-hydrogen) atoms. The Labute approximate surface area is 78.0 Å². The minimum absolute atomic E-state index is 0.512. The van der Waals surface area contributed by atoms with Gasteiger partial charge in [-0.1, -0.05) is 0 Å². The molecule has 0 saturated carbocycles. The molecule has 0 atom stereocenters. The highest BCUT2D eigenvalue weighted by atomic mass is 15.3. The van der Waals surface area contributed by atoms with E-state index in [2.05, 4.69) is 11.2 Å². The van der Waals surface area contributed by atoms with E-state index < -0.39 is 0 Å². The lowest BCUT2D eigenvalue weighted by molar-refractivity contribution is 0.627. The SMILES string of the molecule is N#CCCn1cc(CCCN)cn1. The summed E-state index contributed by atoms with van der Waals surface area (Å²) in [6.07, 6.45) is 6.30. The first-order chi connectivity index (χ1) is 6.36. The summed E-state index contributed by atoms with van der Waals surface area (Å²) in [5.74, 6) is 0. The molecule has 0 unspecified atom stereocenters. The number of nitrogens with zero attached hydrogens (tertiary/aromatic N) is 3. The molecule has 0 saturated heterocycles. The van der Waals surface area contributed by atoms with Gasteiger partial charge in [0.05, 0.1) is 25.2 Å². The molecule has 4 nitrogen and oxygen atoms in total. The van der Waals surface area contributed by atoms with Gasteiger partial charge in [-0.25, -0.2) is 0 Å². The molecule has 0 aliphatic heterocycles. The maximum Gasteiger partial charge on any atom is 0.0641 e. The van der Waals surface area contributed by atoms with Crippen molar-refractivity contribution in [2.75, 3.05) is 6.54 Å². The lowest BCUT2D eigenvalue weighted by atomic mass is 10.2. The van der Waals surface area contributed by atoms with Crippen LogP contribution in [-0.4, -0.2) is 16.3 Å². The van der Waals surface area contributed by atoms with E-state index in [-0.39, 0.29) is 0 Å². The van der Waals surface area contributed by atoms with Gasteiger partial charge in [-0.3, -0.25) is 4.68 Å². The van der Waals surface area contributed by atoms with Gasteiger partial charge in [0, 0.05) is 6.20 Å². The van der Waals surface area contributed by atoms with Gasteiger partial charge in [0.25, 0.3) is 0 Å². The van der Waals surface area contributed by atoms with E-state index in [1.807, 2.05) is 12.4 Å². The predicted molar refractivity (Wildman–Crippen MR) is 49.8 cm³/mol. The summed E-state index contributed by atoms with van der Waals surface area (Å²) >= 11 is 0. The first-order valence-corrected chi connectivity index (χ1v) is 4.45. The third kappa shape index (κ3) is 3.26. The van der Waals surface area contributed by atoms with Gasteiger partial charge >= 0.3 is 0 Å². The Kier molecular flexibility index (Phi) is 4.00. The van der Waals surface area contributed by atoms with E-state index in [9.17, 15) is 0 Å². The normalized spacial score (nSPS) is 9.85. The van der Waals surface area contributed by atoms with Crippen LogP contribution in [0.2, 0.25) is 0 Å². The van der Waals surface area contributed by atoms with E-state index >= 15 is 0 Å². The average Bonchev–Trinajstić information content (AvgIpc) is 2.59. The average molecular weight is 178 g/mol. The third-order valence-corrected chi connectivity index (χ3v) is 1.81. The molecule has 0 radical (unpaired) electrons. The molecule has 0 spiro atoms. The Bertz CT molecular complexity index is 284. The highest BCUT2D eigenvalue weighted by molar-refractivity contribution is 5.03. The van der Waals surface area contributed by atoms with Crippen LogP contribution >= 0.6 is 0 Å². The van der Waals surface area contributed by atoms with Gasteiger partial charge < -0.3 is 5.73 Å². The molecule has 1 rings (SSSR count). The predicted octanol–water partition coefficient (Wildman–Crippen LogP) is 0.688. The van der Waals surface area contributed by atoms with Crippen molar-refractivity contribution in [2.45, 2.75) is 25.8 Å². The van der Waals surface area contributed by atoms with Gasteiger partial charge in [0.15, 0.2) is 0 Å². The summed E-state index contributed by atoms with van der Waals surface area (Å²) in [5.41, 5.74) is 6.59. The smallest absolute Gasteiger partial charge is 0.0641 e. The molecule has 0 bridgehead atoms. The summed E-state index contributed by atoms with van der Waals surface area (Å²) in [6.45, 7) is 1.39. The molecule has 0 amide bonds. The zero-order valence-corrected chi connectivity index (χ0v) is 7.61. The quantitative estimate of drug-likeness (QED) is 0.721. The Morgan fingerprint density at radius 3 is 3.15 bits per heavy atom. The topological polar surface area (TPSA) is 67.6 Å². The second-order valence-corrected chi connectivity index (χ2v) is 2.91. The van der Waals surface area contributed by atoms with Crippen molar-refractivity contribution in [3.63, 3.8) is 0 Å². The monoisotopic (exact) mass is 178 g/mol. The second-order valence-electron chi connectivity index (χ2n) is 2.91. The fraction of sp³-hybridized carbons (Fsp3) is 0.556. The van der Waals surface area contributed by atoms with Crippen LogP contribution in [0.5, 0.6) is 0 Å². The van der Waals surface area contributed by atoms with Crippen molar-refractivity contribution in [1.82, 2.24) is 9.78 Å². The summed E-state index contributed by atoms with van der Waals surface area (Å²) in [5, 5.41) is 12.5. The molecule has 2 N–H and O–H groups in total. The standard InChI is InChI=1S/C9H14N4/c10-4-1-3-9-7-12-13(8-9)6-2-5-11/h7-8H,1-4,6,10H2. The zero-order chi connectivity index (χ0) is 9.52. The van der Waals surface area contributed by atoms with Crippen LogP contribution in [0.4, 0.5) is 0 Å². The Hall–Kier alpha value is -1.34. The summed E-state index contributed by atoms with van der Waals surface area (Å²) < 4.78 is 1.80. The summed E-state index contributed by atoms with van der Waals surface area (Å²) in [7, 11) is 0. The molecule has 1 aromatic heterocycles. The number of nitriles is 1. The summed E-state index contributed by atoms with van der Waals surface area (Å²) in [4.78, 5) is 0. The number of hydrogen-bond acceptors (Lipinski definition) is 3. The van der Waals surface area contributed by atoms with E-state index in [1.165, 1.54) is 5.56 Å². The highest BCUT2D eigenvalue weighted by Gasteiger charge is 1.97. The van der Waals surface area contributed by atoms with Crippen LogP contribution in [0.25, 0.3) is 0 Å². The molecule has 0 aliphatic rings. The Morgan fingerprint density at radius 1 is 1.62 bits per heavy atom. The van der Waals surface area contributed by atoms with Crippen molar-refractivity contribution >= 4 is 0 Å². The van der Waals surface area contributed by atoms with Crippen molar-refractivity contribution in [3.05, 3.63) is 18.0 Å². The fourth-order valence-electron chi connectivity index (χ4n) is 1.13. The number of aryl methyl sites for hydroxylation is 2. The molecule has 0 aromatic carbocycles. The first-order valence-electron chi connectivity index (χ1n) is 4.45. The van der Waals surface area contributed by atoms with E-state index in [0.29, 0.717) is 19.5 Å². The minimum atomic E-state index is 0.512. The Morgan fingerprint density at radius 2 is 2.46 bits per heavy atom. The molecular formula is C9H14N4. The van der Waals surface area contributed by atoms with Crippen LogP contribution in [0.15, 0.2) is 12.4 Å². The van der Waals surface area contributed by atoms with Crippen LogP contribution < -0.4 is 5.73 Å². The second kappa shape index (κ2) is 5.33. The summed E-state index contributed by atoms with van der Waals surface area (Å²) in [6, 6.07) is 2.09. The third-order valence-electron chi connectivity index (χ3n) is 1.81. The number of hydrogen-bond donors (Lipinski definition) is 1. The van der Waals surface area contributed by atoms with Gasteiger partial charge in [-0.2, -0.15) is 10.4 Å². The molecule has 70 valence electrons. The first kappa shape index (κ1) is 9.75. The van der Waals surface area contributed by atoms with Gasteiger partial charge in [-0.15, -0.1) is 0 Å². The largest absolute Gasteiger partial charge is 0.330 e. The van der Waals surface area contributed by atoms with Gasteiger partial charge in [0.2, 0.25) is 0 Å².